The lowest BCUT2D eigenvalue weighted by Crippen LogP contribution is -2.28. The first kappa shape index (κ1) is 9.96. The molecule has 12 heavy (non-hydrogen) atoms. The number of aliphatic hydroxyl groups excluding tert-OH is 1. The Morgan fingerprint density at radius 2 is 2.00 bits per heavy atom. The van der Waals surface area contributed by atoms with Crippen LogP contribution >= 0.6 is 0 Å². The molecule has 0 saturated heterocycles. The van der Waals surface area contributed by atoms with Crippen LogP contribution < -0.4 is 0 Å². The number of aliphatic hydroxyl groups is 1. The molecule has 1 fully saturated rings. The fourth-order valence-electron chi connectivity index (χ4n) is 1.59. The first-order valence-electron chi connectivity index (χ1n) is 4.66. The van der Waals surface area contributed by atoms with E-state index in [2.05, 4.69) is 0 Å². The molecule has 1 rings (SSSR count). The van der Waals surface area contributed by atoms with Gasteiger partial charge in [-0.15, -0.1) is 0 Å². The van der Waals surface area contributed by atoms with Crippen LogP contribution in [-0.2, 0) is 9.47 Å². The van der Waals surface area contributed by atoms with Crippen molar-refractivity contribution >= 4 is 0 Å². The minimum Gasteiger partial charge on any atom is -0.391 e. The van der Waals surface area contributed by atoms with Crippen LogP contribution in [0.4, 0.5) is 0 Å². The van der Waals surface area contributed by atoms with Crippen LogP contribution in [0.15, 0.2) is 0 Å². The first-order chi connectivity index (χ1) is 5.86. The summed E-state index contributed by atoms with van der Waals surface area (Å²) in [5, 5.41) is 8.81. The van der Waals surface area contributed by atoms with Gasteiger partial charge in [0, 0.05) is 7.11 Å². The molecule has 3 heteroatoms. The Kier molecular flexibility index (Phi) is 4.58. The molecule has 0 aromatic heterocycles. The van der Waals surface area contributed by atoms with Crippen molar-refractivity contribution in [3.8, 4) is 0 Å². The summed E-state index contributed by atoms with van der Waals surface area (Å²) in [6.07, 6.45) is 5.90. The highest BCUT2D eigenvalue weighted by atomic mass is 16.7. The summed E-state index contributed by atoms with van der Waals surface area (Å²) in [5.74, 6) is 0. The van der Waals surface area contributed by atoms with E-state index in [9.17, 15) is 0 Å². The summed E-state index contributed by atoms with van der Waals surface area (Å²) < 4.78 is 10.4. The van der Waals surface area contributed by atoms with Crippen LogP contribution in [0.5, 0.6) is 0 Å². The van der Waals surface area contributed by atoms with Gasteiger partial charge in [0.1, 0.15) is 0 Å². The highest BCUT2D eigenvalue weighted by Crippen LogP contribution is 2.21. The molecule has 0 radical (unpaired) electrons. The summed E-state index contributed by atoms with van der Waals surface area (Å²) in [4.78, 5) is 0. The van der Waals surface area contributed by atoms with Gasteiger partial charge in [0.05, 0.1) is 12.7 Å². The minimum atomic E-state index is -0.423. The molecule has 72 valence electrons. The quantitative estimate of drug-likeness (QED) is 0.653. The molecule has 0 aromatic rings. The third kappa shape index (κ3) is 3.09. The predicted molar refractivity (Wildman–Crippen MR) is 45.8 cm³/mol. The number of methoxy groups -OCH3 is 1. The van der Waals surface area contributed by atoms with E-state index in [0.717, 1.165) is 12.8 Å². The molecule has 1 saturated carbocycles. The Morgan fingerprint density at radius 1 is 1.33 bits per heavy atom. The molecule has 1 aliphatic rings. The van der Waals surface area contributed by atoms with Crippen molar-refractivity contribution in [3.63, 3.8) is 0 Å². The maximum absolute atomic E-state index is 8.81. The van der Waals surface area contributed by atoms with E-state index in [4.69, 9.17) is 14.6 Å². The lowest BCUT2D eigenvalue weighted by Gasteiger charge is -2.25. The highest BCUT2D eigenvalue weighted by Gasteiger charge is 2.17. The highest BCUT2D eigenvalue weighted by molar-refractivity contribution is 4.65. The van der Waals surface area contributed by atoms with Crippen molar-refractivity contribution in [2.45, 2.75) is 44.5 Å². The van der Waals surface area contributed by atoms with E-state index in [1.54, 1.807) is 7.11 Å². The summed E-state index contributed by atoms with van der Waals surface area (Å²) in [6.45, 7) is -0.0486. The molecule has 1 aliphatic carbocycles. The summed E-state index contributed by atoms with van der Waals surface area (Å²) in [7, 11) is 1.56. The first-order valence-corrected chi connectivity index (χ1v) is 4.66. The number of hydrogen-bond donors (Lipinski definition) is 1. The molecule has 0 spiro atoms. The van der Waals surface area contributed by atoms with Crippen molar-refractivity contribution in [1.82, 2.24) is 0 Å². The zero-order chi connectivity index (χ0) is 8.81. The van der Waals surface area contributed by atoms with Gasteiger partial charge in [-0.3, -0.25) is 0 Å². The normalized spacial score (nSPS) is 22.5. The zero-order valence-electron chi connectivity index (χ0n) is 7.66. The van der Waals surface area contributed by atoms with E-state index < -0.39 is 6.29 Å². The van der Waals surface area contributed by atoms with Crippen molar-refractivity contribution < 1.29 is 14.6 Å². The van der Waals surface area contributed by atoms with Crippen LogP contribution in [-0.4, -0.2) is 31.2 Å². The van der Waals surface area contributed by atoms with Crippen molar-refractivity contribution in [2.24, 2.45) is 0 Å². The predicted octanol–water partition coefficient (Wildman–Crippen LogP) is 1.30. The van der Waals surface area contributed by atoms with Gasteiger partial charge in [-0.05, 0) is 12.8 Å². The van der Waals surface area contributed by atoms with Gasteiger partial charge >= 0.3 is 0 Å². The maximum atomic E-state index is 8.81. The largest absolute Gasteiger partial charge is 0.391 e. The molecule has 0 aromatic carbocycles. The number of hydrogen-bond acceptors (Lipinski definition) is 3. The second-order valence-corrected chi connectivity index (χ2v) is 3.24. The maximum Gasteiger partial charge on any atom is 0.180 e. The van der Waals surface area contributed by atoms with Gasteiger partial charge in [-0.25, -0.2) is 0 Å². The molecule has 1 unspecified atom stereocenters. The van der Waals surface area contributed by atoms with E-state index in [1.165, 1.54) is 19.3 Å². The van der Waals surface area contributed by atoms with Gasteiger partial charge in [-0.1, -0.05) is 19.3 Å². The van der Waals surface area contributed by atoms with Gasteiger partial charge in [-0.2, -0.15) is 0 Å². The number of ether oxygens (including phenoxy) is 2. The van der Waals surface area contributed by atoms with Crippen LogP contribution in [0, 0.1) is 0 Å². The monoisotopic (exact) mass is 174 g/mol. The number of rotatable bonds is 4. The Labute approximate surface area is 73.7 Å². The van der Waals surface area contributed by atoms with Gasteiger partial charge in [0.15, 0.2) is 6.29 Å². The van der Waals surface area contributed by atoms with E-state index in [0.29, 0.717) is 6.10 Å². The molecular formula is C9H18O3. The second-order valence-electron chi connectivity index (χ2n) is 3.24. The summed E-state index contributed by atoms with van der Waals surface area (Å²) in [6, 6.07) is 0. The average molecular weight is 174 g/mol. The molecular weight excluding hydrogens is 156 g/mol. The SMILES string of the molecule is COC(CO)OC1CCCCC1. The van der Waals surface area contributed by atoms with E-state index in [1.807, 2.05) is 0 Å². The third-order valence-corrected chi connectivity index (χ3v) is 2.31. The molecule has 1 atom stereocenters. The minimum absolute atomic E-state index is 0.0486. The third-order valence-electron chi connectivity index (χ3n) is 2.31. The smallest absolute Gasteiger partial charge is 0.180 e. The molecule has 0 amide bonds. The Morgan fingerprint density at radius 3 is 2.50 bits per heavy atom. The van der Waals surface area contributed by atoms with Crippen molar-refractivity contribution in [3.05, 3.63) is 0 Å². The molecule has 3 nitrogen and oxygen atoms in total. The fourth-order valence-corrected chi connectivity index (χ4v) is 1.59. The van der Waals surface area contributed by atoms with Gasteiger partial charge in [0.2, 0.25) is 0 Å². The molecule has 0 bridgehead atoms. The molecule has 0 aliphatic heterocycles. The van der Waals surface area contributed by atoms with Crippen LogP contribution in [0.3, 0.4) is 0 Å². The lowest BCUT2D eigenvalue weighted by atomic mass is 9.98. The molecule has 0 heterocycles. The van der Waals surface area contributed by atoms with E-state index in [-0.39, 0.29) is 6.61 Å². The van der Waals surface area contributed by atoms with Crippen LogP contribution in [0.2, 0.25) is 0 Å². The van der Waals surface area contributed by atoms with Gasteiger partial charge < -0.3 is 14.6 Å². The standard InChI is InChI=1S/C9H18O3/c1-11-9(7-10)12-8-5-3-2-4-6-8/h8-10H,2-7H2,1H3. The van der Waals surface area contributed by atoms with Crippen molar-refractivity contribution in [2.75, 3.05) is 13.7 Å². The molecule has 1 N–H and O–H groups in total. The van der Waals surface area contributed by atoms with Crippen molar-refractivity contribution in [1.29, 1.82) is 0 Å². The Balaban J connectivity index is 2.18. The van der Waals surface area contributed by atoms with Gasteiger partial charge in [0.25, 0.3) is 0 Å². The van der Waals surface area contributed by atoms with E-state index >= 15 is 0 Å². The van der Waals surface area contributed by atoms with Crippen LogP contribution in [0.25, 0.3) is 0 Å². The summed E-state index contributed by atoms with van der Waals surface area (Å²) >= 11 is 0. The zero-order valence-corrected chi connectivity index (χ0v) is 7.66. The summed E-state index contributed by atoms with van der Waals surface area (Å²) in [5.41, 5.74) is 0. The van der Waals surface area contributed by atoms with Crippen LogP contribution in [0.1, 0.15) is 32.1 Å². The second kappa shape index (κ2) is 5.51. The Hall–Kier alpha value is -0.120. The fraction of sp³-hybridized carbons (Fsp3) is 1.00. The average Bonchev–Trinajstić information content (AvgIpc) is 2.16. The topological polar surface area (TPSA) is 38.7 Å². The Bertz CT molecular complexity index is 106. The lowest BCUT2D eigenvalue weighted by molar-refractivity contribution is -0.179.